The highest BCUT2D eigenvalue weighted by Gasteiger charge is 2.23. The average Bonchev–Trinajstić information content (AvgIpc) is 2.74. The Balaban J connectivity index is 2.05. The Morgan fingerprint density at radius 1 is 1.24 bits per heavy atom. The second kappa shape index (κ2) is 7.89. The van der Waals surface area contributed by atoms with E-state index >= 15 is 0 Å². The maximum Gasteiger partial charge on any atom is 0.218 e. The van der Waals surface area contributed by atoms with Gasteiger partial charge in [0.2, 0.25) is 10.0 Å². The van der Waals surface area contributed by atoms with Gasteiger partial charge in [0.15, 0.2) is 0 Å². The van der Waals surface area contributed by atoms with E-state index in [1.807, 2.05) is 24.3 Å². The monoisotopic (exact) mass is 312 g/mol. The molecule has 1 aromatic rings. The van der Waals surface area contributed by atoms with Gasteiger partial charge < -0.3 is 10.1 Å². The molecule has 0 atom stereocenters. The van der Waals surface area contributed by atoms with Crippen molar-refractivity contribution in [2.75, 3.05) is 32.8 Å². The third-order valence-corrected chi connectivity index (χ3v) is 5.34. The van der Waals surface area contributed by atoms with Crippen molar-refractivity contribution in [2.45, 2.75) is 25.6 Å². The van der Waals surface area contributed by atoms with Gasteiger partial charge in [-0.1, -0.05) is 31.2 Å². The molecule has 118 valence electrons. The number of rotatable bonds is 6. The smallest absolute Gasteiger partial charge is 0.218 e. The molecule has 1 saturated heterocycles. The number of hydrogen-bond donors (Lipinski definition) is 1. The first-order chi connectivity index (χ1) is 10.1. The van der Waals surface area contributed by atoms with Gasteiger partial charge in [-0.25, -0.2) is 8.42 Å². The Labute approximate surface area is 127 Å². The second-order valence-electron chi connectivity index (χ2n) is 5.22. The minimum absolute atomic E-state index is 0.0625. The molecule has 1 aromatic carbocycles. The van der Waals surface area contributed by atoms with Crippen molar-refractivity contribution < 1.29 is 13.2 Å². The van der Waals surface area contributed by atoms with Gasteiger partial charge in [-0.3, -0.25) is 0 Å². The molecule has 0 radical (unpaired) electrons. The van der Waals surface area contributed by atoms with Crippen LogP contribution < -0.4 is 5.32 Å². The van der Waals surface area contributed by atoms with E-state index in [0.717, 1.165) is 30.6 Å². The third-order valence-electron chi connectivity index (χ3n) is 3.49. The quantitative estimate of drug-likeness (QED) is 0.861. The summed E-state index contributed by atoms with van der Waals surface area (Å²) in [4.78, 5) is 0. The maximum absolute atomic E-state index is 12.5. The lowest BCUT2D eigenvalue weighted by molar-refractivity contribution is 0.148. The highest BCUT2D eigenvalue weighted by atomic mass is 32.2. The van der Waals surface area contributed by atoms with Crippen molar-refractivity contribution >= 4 is 10.0 Å². The van der Waals surface area contributed by atoms with Gasteiger partial charge in [0.25, 0.3) is 0 Å². The van der Waals surface area contributed by atoms with E-state index in [1.165, 1.54) is 0 Å². The van der Waals surface area contributed by atoms with Crippen LogP contribution in [0.1, 0.15) is 24.5 Å². The van der Waals surface area contributed by atoms with Crippen molar-refractivity contribution in [1.82, 2.24) is 9.62 Å². The zero-order valence-corrected chi connectivity index (χ0v) is 13.4. The van der Waals surface area contributed by atoms with Crippen LogP contribution in [0, 0.1) is 0 Å². The molecule has 21 heavy (non-hydrogen) atoms. The summed E-state index contributed by atoms with van der Waals surface area (Å²) in [6.07, 6.45) is 0.764. The number of ether oxygens (including phenoxy) is 1. The molecule has 5 nitrogen and oxygen atoms in total. The highest BCUT2D eigenvalue weighted by molar-refractivity contribution is 7.88. The van der Waals surface area contributed by atoms with Crippen molar-refractivity contribution in [1.29, 1.82) is 0 Å². The molecule has 1 fully saturated rings. The highest BCUT2D eigenvalue weighted by Crippen LogP contribution is 2.14. The van der Waals surface area contributed by atoms with E-state index < -0.39 is 10.0 Å². The Morgan fingerprint density at radius 3 is 2.86 bits per heavy atom. The summed E-state index contributed by atoms with van der Waals surface area (Å²) in [6, 6.07) is 7.78. The van der Waals surface area contributed by atoms with Gasteiger partial charge in [-0.15, -0.1) is 0 Å². The Hall–Kier alpha value is -0.950. The van der Waals surface area contributed by atoms with Crippen molar-refractivity contribution in [3.05, 3.63) is 35.4 Å². The van der Waals surface area contributed by atoms with Crippen LogP contribution in [0.5, 0.6) is 0 Å². The molecule has 0 unspecified atom stereocenters. The van der Waals surface area contributed by atoms with Gasteiger partial charge in [0, 0.05) is 26.2 Å². The van der Waals surface area contributed by atoms with Crippen LogP contribution in [-0.2, 0) is 27.1 Å². The van der Waals surface area contributed by atoms with Crippen LogP contribution in [0.15, 0.2) is 24.3 Å². The van der Waals surface area contributed by atoms with E-state index in [2.05, 4.69) is 12.2 Å². The van der Waals surface area contributed by atoms with E-state index in [9.17, 15) is 8.42 Å². The summed E-state index contributed by atoms with van der Waals surface area (Å²) < 4.78 is 31.8. The Kier molecular flexibility index (Phi) is 6.17. The van der Waals surface area contributed by atoms with Gasteiger partial charge in [-0.05, 0) is 24.1 Å². The number of benzene rings is 1. The SMILES string of the molecule is CCNCc1cccc(CS(=O)(=O)N2CCCOCC2)c1. The molecule has 1 N–H and O–H groups in total. The van der Waals surface area contributed by atoms with Gasteiger partial charge >= 0.3 is 0 Å². The topological polar surface area (TPSA) is 58.6 Å². The van der Waals surface area contributed by atoms with Crippen LogP contribution in [0.2, 0.25) is 0 Å². The predicted octanol–water partition coefficient (Wildman–Crippen LogP) is 1.35. The molecule has 0 spiro atoms. The first kappa shape index (κ1) is 16.4. The number of nitrogens with one attached hydrogen (secondary N) is 1. The molecule has 0 saturated carbocycles. The van der Waals surface area contributed by atoms with E-state index in [-0.39, 0.29) is 5.75 Å². The van der Waals surface area contributed by atoms with E-state index in [1.54, 1.807) is 4.31 Å². The zero-order valence-electron chi connectivity index (χ0n) is 12.5. The Morgan fingerprint density at radius 2 is 2.05 bits per heavy atom. The van der Waals surface area contributed by atoms with E-state index in [4.69, 9.17) is 4.74 Å². The molecule has 6 heteroatoms. The molecule has 1 heterocycles. The van der Waals surface area contributed by atoms with Gasteiger partial charge in [0.1, 0.15) is 0 Å². The standard InChI is InChI=1S/C15H24N2O3S/c1-2-16-12-14-5-3-6-15(11-14)13-21(18,19)17-7-4-9-20-10-8-17/h3,5-6,11,16H,2,4,7-10,12-13H2,1H3. The first-order valence-electron chi connectivity index (χ1n) is 7.46. The third kappa shape index (κ3) is 5.07. The molecule has 0 bridgehead atoms. The lowest BCUT2D eigenvalue weighted by Crippen LogP contribution is -2.34. The number of sulfonamides is 1. The minimum Gasteiger partial charge on any atom is -0.380 e. The summed E-state index contributed by atoms with van der Waals surface area (Å²) in [5.74, 6) is 0.0625. The fraction of sp³-hybridized carbons (Fsp3) is 0.600. The number of nitrogens with zero attached hydrogens (tertiary/aromatic N) is 1. The maximum atomic E-state index is 12.5. The van der Waals surface area contributed by atoms with E-state index in [0.29, 0.717) is 26.3 Å². The van der Waals surface area contributed by atoms with Crippen molar-refractivity contribution in [3.8, 4) is 0 Å². The number of hydrogen-bond acceptors (Lipinski definition) is 4. The molecular formula is C15H24N2O3S. The van der Waals surface area contributed by atoms with Crippen molar-refractivity contribution in [2.24, 2.45) is 0 Å². The summed E-state index contributed by atoms with van der Waals surface area (Å²) in [5.41, 5.74) is 1.96. The fourth-order valence-corrected chi connectivity index (χ4v) is 3.95. The zero-order chi connectivity index (χ0) is 15.1. The fourth-order valence-electron chi connectivity index (χ4n) is 2.40. The molecule has 0 aromatic heterocycles. The van der Waals surface area contributed by atoms with Crippen LogP contribution in [-0.4, -0.2) is 45.6 Å². The predicted molar refractivity (Wildman–Crippen MR) is 83.5 cm³/mol. The summed E-state index contributed by atoms with van der Waals surface area (Å²) >= 11 is 0. The first-order valence-corrected chi connectivity index (χ1v) is 9.07. The largest absolute Gasteiger partial charge is 0.380 e. The second-order valence-corrected chi connectivity index (χ2v) is 7.19. The van der Waals surface area contributed by atoms with Gasteiger partial charge in [0.05, 0.1) is 12.4 Å². The van der Waals surface area contributed by atoms with Crippen LogP contribution in [0.3, 0.4) is 0 Å². The lowest BCUT2D eigenvalue weighted by Gasteiger charge is -2.19. The van der Waals surface area contributed by atoms with Crippen LogP contribution >= 0.6 is 0 Å². The molecular weight excluding hydrogens is 288 g/mol. The summed E-state index contributed by atoms with van der Waals surface area (Å²) in [5, 5.41) is 3.25. The molecule has 0 aliphatic carbocycles. The average molecular weight is 312 g/mol. The van der Waals surface area contributed by atoms with Crippen molar-refractivity contribution in [3.63, 3.8) is 0 Å². The van der Waals surface area contributed by atoms with Gasteiger partial charge in [-0.2, -0.15) is 4.31 Å². The molecule has 1 aliphatic heterocycles. The Bertz CT molecular complexity index is 538. The summed E-state index contributed by atoms with van der Waals surface area (Å²) in [6.45, 7) is 5.86. The molecule has 0 amide bonds. The summed E-state index contributed by atoms with van der Waals surface area (Å²) in [7, 11) is -3.26. The molecule has 2 rings (SSSR count). The van der Waals surface area contributed by atoms with Crippen LogP contribution in [0.25, 0.3) is 0 Å². The minimum atomic E-state index is -3.26. The molecule has 1 aliphatic rings. The normalized spacial score (nSPS) is 17.6. The van der Waals surface area contributed by atoms with Crippen LogP contribution in [0.4, 0.5) is 0 Å². The lowest BCUT2D eigenvalue weighted by atomic mass is 10.1.